The minimum atomic E-state index is 0.0390. The van der Waals surface area contributed by atoms with E-state index in [-0.39, 0.29) is 17.7 Å². The first-order valence-corrected chi connectivity index (χ1v) is 6.88. The number of aromatic hydroxyl groups is 1. The van der Waals surface area contributed by atoms with Crippen molar-refractivity contribution in [3.8, 4) is 5.75 Å². The number of carbonyl (C=O) groups excluding carboxylic acids is 1. The molecule has 1 atom stereocenters. The third-order valence-electron chi connectivity index (χ3n) is 2.91. The maximum absolute atomic E-state index is 11.5. The summed E-state index contributed by atoms with van der Waals surface area (Å²) in [7, 11) is 0. The largest absolute Gasteiger partial charge is 0.508 e. The lowest BCUT2D eigenvalue weighted by Crippen LogP contribution is -2.33. The van der Waals surface area contributed by atoms with Gasteiger partial charge in [0.15, 0.2) is 0 Å². The molecular formula is C14H21ClN2O2. The Hall–Kier alpha value is -1.26. The Morgan fingerprint density at radius 2 is 2.21 bits per heavy atom. The van der Waals surface area contributed by atoms with Crippen molar-refractivity contribution in [2.75, 3.05) is 6.54 Å². The van der Waals surface area contributed by atoms with Crippen LogP contribution in [0.4, 0.5) is 0 Å². The predicted molar refractivity (Wildman–Crippen MR) is 77.3 cm³/mol. The topological polar surface area (TPSA) is 61.4 Å². The number of halogens is 1. The number of nitrogens with one attached hydrogen (secondary N) is 2. The number of benzene rings is 1. The standard InChI is InChI=1S/C14H21ClN2O2/c1-3-10(2)17-14(19)6-7-16-9-11-8-12(15)4-5-13(11)18/h4-5,8,10,16,18H,3,6-7,9H2,1-2H3,(H,17,19). The van der Waals surface area contributed by atoms with E-state index in [1.165, 1.54) is 0 Å². The first kappa shape index (κ1) is 15.8. The lowest BCUT2D eigenvalue weighted by atomic mass is 10.2. The Morgan fingerprint density at radius 1 is 1.47 bits per heavy atom. The van der Waals surface area contributed by atoms with E-state index in [2.05, 4.69) is 10.6 Å². The summed E-state index contributed by atoms with van der Waals surface area (Å²) in [6.45, 7) is 5.07. The molecule has 0 aliphatic carbocycles. The maximum atomic E-state index is 11.5. The van der Waals surface area contributed by atoms with E-state index < -0.39 is 0 Å². The van der Waals surface area contributed by atoms with Crippen molar-refractivity contribution in [3.63, 3.8) is 0 Å². The second-order valence-electron chi connectivity index (χ2n) is 4.58. The Morgan fingerprint density at radius 3 is 2.89 bits per heavy atom. The highest BCUT2D eigenvalue weighted by Crippen LogP contribution is 2.20. The number of phenolic OH excluding ortho intramolecular Hbond substituents is 1. The third-order valence-corrected chi connectivity index (χ3v) is 3.14. The van der Waals surface area contributed by atoms with Crippen LogP contribution in [0.2, 0.25) is 5.02 Å². The second kappa shape index (κ2) is 8.02. The molecule has 0 radical (unpaired) electrons. The molecule has 3 N–H and O–H groups in total. The van der Waals surface area contributed by atoms with Crippen molar-refractivity contribution in [3.05, 3.63) is 28.8 Å². The van der Waals surface area contributed by atoms with Crippen LogP contribution in [0.15, 0.2) is 18.2 Å². The second-order valence-corrected chi connectivity index (χ2v) is 5.01. The van der Waals surface area contributed by atoms with E-state index in [9.17, 15) is 9.90 Å². The summed E-state index contributed by atoms with van der Waals surface area (Å²) in [6, 6.07) is 5.13. The maximum Gasteiger partial charge on any atom is 0.221 e. The summed E-state index contributed by atoms with van der Waals surface area (Å²) in [6.07, 6.45) is 1.35. The highest BCUT2D eigenvalue weighted by Gasteiger charge is 2.05. The van der Waals surface area contributed by atoms with Gasteiger partial charge in [0.05, 0.1) is 0 Å². The highest BCUT2D eigenvalue weighted by molar-refractivity contribution is 6.30. The van der Waals surface area contributed by atoms with Crippen LogP contribution in [0.25, 0.3) is 0 Å². The molecule has 1 unspecified atom stereocenters. The van der Waals surface area contributed by atoms with Crippen LogP contribution in [0, 0.1) is 0 Å². The van der Waals surface area contributed by atoms with Crippen LogP contribution in [0.5, 0.6) is 5.75 Å². The molecule has 1 rings (SSSR count). The van der Waals surface area contributed by atoms with Crippen LogP contribution < -0.4 is 10.6 Å². The third kappa shape index (κ3) is 5.94. The van der Waals surface area contributed by atoms with Crippen LogP contribution >= 0.6 is 11.6 Å². The minimum Gasteiger partial charge on any atom is -0.508 e. The molecule has 0 saturated heterocycles. The molecule has 0 bridgehead atoms. The zero-order valence-corrected chi connectivity index (χ0v) is 12.1. The summed E-state index contributed by atoms with van der Waals surface area (Å²) in [5.74, 6) is 0.248. The van der Waals surface area contributed by atoms with E-state index in [4.69, 9.17) is 11.6 Å². The van der Waals surface area contributed by atoms with Crippen LogP contribution in [0.1, 0.15) is 32.3 Å². The number of rotatable bonds is 7. The minimum absolute atomic E-state index is 0.0390. The molecule has 0 aromatic heterocycles. The SMILES string of the molecule is CCC(C)NC(=O)CCNCc1cc(Cl)ccc1O. The monoisotopic (exact) mass is 284 g/mol. The lowest BCUT2D eigenvalue weighted by Gasteiger charge is -2.11. The Balaban J connectivity index is 2.27. The van der Waals surface area contributed by atoms with E-state index >= 15 is 0 Å². The first-order valence-electron chi connectivity index (χ1n) is 6.50. The van der Waals surface area contributed by atoms with Gasteiger partial charge in [-0.1, -0.05) is 18.5 Å². The van der Waals surface area contributed by atoms with E-state index in [0.717, 1.165) is 12.0 Å². The normalized spacial score (nSPS) is 12.2. The predicted octanol–water partition coefficient (Wildman–Crippen LogP) is 2.44. The van der Waals surface area contributed by atoms with Crippen molar-refractivity contribution in [1.82, 2.24) is 10.6 Å². The quantitative estimate of drug-likeness (QED) is 0.674. The summed E-state index contributed by atoms with van der Waals surface area (Å²) < 4.78 is 0. The molecule has 0 aliphatic rings. The van der Waals surface area contributed by atoms with Crippen molar-refractivity contribution in [1.29, 1.82) is 0 Å². The number of carbonyl (C=O) groups is 1. The molecule has 0 saturated carbocycles. The zero-order chi connectivity index (χ0) is 14.3. The first-order chi connectivity index (χ1) is 9.02. The molecule has 1 aromatic rings. The fourth-order valence-corrected chi connectivity index (χ4v) is 1.76. The molecule has 0 heterocycles. The van der Waals surface area contributed by atoms with Crippen molar-refractivity contribution in [2.24, 2.45) is 0 Å². The van der Waals surface area contributed by atoms with E-state index in [1.54, 1.807) is 18.2 Å². The van der Waals surface area contributed by atoms with Gasteiger partial charge in [0.1, 0.15) is 5.75 Å². The van der Waals surface area contributed by atoms with Gasteiger partial charge in [-0.3, -0.25) is 4.79 Å². The van der Waals surface area contributed by atoms with Gasteiger partial charge in [0.2, 0.25) is 5.91 Å². The van der Waals surface area contributed by atoms with Gasteiger partial charge >= 0.3 is 0 Å². The zero-order valence-electron chi connectivity index (χ0n) is 11.4. The molecule has 4 nitrogen and oxygen atoms in total. The lowest BCUT2D eigenvalue weighted by molar-refractivity contribution is -0.121. The summed E-state index contributed by atoms with van der Waals surface area (Å²) >= 11 is 5.85. The van der Waals surface area contributed by atoms with Gasteiger partial charge in [-0.05, 0) is 31.5 Å². The molecular weight excluding hydrogens is 264 g/mol. The number of phenols is 1. The summed E-state index contributed by atoms with van der Waals surface area (Å²) in [5.41, 5.74) is 0.731. The number of hydrogen-bond donors (Lipinski definition) is 3. The van der Waals surface area contributed by atoms with Gasteiger partial charge in [0, 0.05) is 36.1 Å². The van der Waals surface area contributed by atoms with Gasteiger partial charge in [-0.2, -0.15) is 0 Å². The Kier molecular flexibility index (Phi) is 6.67. The Labute approximate surface area is 119 Å². The van der Waals surface area contributed by atoms with Gasteiger partial charge in [-0.25, -0.2) is 0 Å². The fourth-order valence-electron chi connectivity index (χ4n) is 1.57. The number of amides is 1. The molecule has 0 fully saturated rings. The molecule has 1 aromatic carbocycles. The Bertz CT molecular complexity index is 424. The molecule has 19 heavy (non-hydrogen) atoms. The molecule has 5 heteroatoms. The smallest absolute Gasteiger partial charge is 0.221 e. The van der Waals surface area contributed by atoms with E-state index in [0.29, 0.717) is 24.5 Å². The number of hydrogen-bond acceptors (Lipinski definition) is 3. The van der Waals surface area contributed by atoms with Crippen LogP contribution in [-0.4, -0.2) is 23.6 Å². The summed E-state index contributed by atoms with van der Waals surface area (Å²) in [5, 5.41) is 16.2. The molecule has 0 aliphatic heterocycles. The van der Waals surface area contributed by atoms with Gasteiger partial charge in [0.25, 0.3) is 0 Å². The van der Waals surface area contributed by atoms with Crippen LogP contribution in [0.3, 0.4) is 0 Å². The van der Waals surface area contributed by atoms with Crippen molar-refractivity contribution >= 4 is 17.5 Å². The van der Waals surface area contributed by atoms with Crippen molar-refractivity contribution < 1.29 is 9.90 Å². The van der Waals surface area contributed by atoms with Crippen LogP contribution in [-0.2, 0) is 11.3 Å². The van der Waals surface area contributed by atoms with E-state index in [1.807, 2.05) is 13.8 Å². The fraction of sp³-hybridized carbons (Fsp3) is 0.500. The average molecular weight is 285 g/mol. The summed E-state index contributed by atoms with van der Waals surface area (Å²) in [4.78, 5) is 11.5. The van der Waals surface area contributed by atoms with Gasteiger partial charge in [-0.15, -0.1) is 0 Å². The van der Waals surface area contributed by atoms with Crippen molar-refractivity contribution in [2.45, 2.75) is 39.3 Å². The van der Waals surface area contributed by atoms with Gasteiger partial charge < -0.3 is 15.7 Å². The molecule has 0 spiro atoms. The highest BCUT2D eigenvalue weighted by atomic mass is 35.5. The average Bonchev–Trinajstić information content (AvgIpc) is 2.38. The molecule has 1 amide bonds. The molecule has 106 valence electrons.